The van der Waals surface area contributed by atoms with Crippen molar-refractivity contribution < 1.29 is 13.2 Å². The molecule has 0 aliphatic heterocycles. The first-order chi connectivity index (χ1) is 14.4. The summed E-state index contributed by atoms with van der Waals surface area (Å²) in [5.41, 5.74) is 2.23. The number of carbonyl (C=O) groups excluding carboxylic acids is 1. The second-order valence-corrected chi connectivity index (χ2v) is 9.14. The molecule has 0 saturated carbocycles. The molecule has 2 aromatic carbocycles. The molecule has 0 atom stereocenters. The van der Waals surface area contributed by atoms with Gasteiger partial charge in [0.1, 0.15) is 0 Å². The number of halogens is 1. The Morgan fingerprint density at radius 1 is 1.17 bits per heavy atom. The quantitative estimate of drug-likeness (QED) is 0.543. The molecule has 1 amide bonds. The van der Waals surface area contributed by atoms with Crippen LogP contribution in [-0.2, 0) is 27.9 Å². The minimum Gasteiger partial charge on any atom is -0.352 e. The maximum absolute atomic E-state index is 12.7. The van der Waals surface area contributed by atoms with Crippen molar-refractivity contribution in [3.8, 4) is 0 Å². The van der Waals surface area contributed by atoms with Crippen molar-refractivity contribution in [3.63, 3.8) is 0 Å². The topological polar surface area (TPSA) is 84.3 Å². The van der Waals surface area contributed by atoms with Crippen molar-refractivity contribution in [2.75, 3.05) is 13.1 Å². The Labute approximate surface area is 181 Å². The molecule has 1 aromatic heterocycles. The van der Waals surface area contributed by atoms with Crippen LogP contribution in [0.1, 0.15) is 25.8 Å². The number of fused-ring (bicyclic) bond motifs is 1. The molecule has 1 heterocycles. The fourth-order valence-electron chi connectivity index (χ4n) is 3.24. The molecule has 0 saturated heterocycles. The van der Waals surface area contributed by atoms with Crippen molar-refractivity contribution in [2.45, 2.75) is 38.3 Å². The van der Waals surface area contributed by atoms with E-state index in [1.54, 1.807) is 30.6 Å². The number of benzene rings is 2. The fraction of sp³-hybridized carbons (Fsp3) is 0.333. The number of hydrogen-bond acceptors (Lipinski definition) is 4. The molecule has 0 unspecified atom stereocenters. The molecule has 0 fully saturated rings. The lowest BCUT2D eigenvalue weighted by atomic mass is 10.2. The number of aryl methyl sites for hydroxylation is 1. The summed E-state index contributed by atoms with van der Waals surface area (Å²) in [7, 11) is -3.54. The number of nitrogens with zero attached hydrogens (tertiary/aromatic N) is 3. The van der Waals surface area contributed by atoms with E-state index >= 15 is 0 Å². The van der Waals surface area contributed by atoms with Gasteiger partial charge in [-0.25, -0.2) is 13.4 Å². The smallest absolute Gasteiger partial charge is 0.243 e. The standard InChI is InChI=1S/C21H25ClN4O3S/c1-3-26(4-2)30(28,29)17-9-10-20-19(13-17)24-15-25(20)12-11-21(27)23-14-16-7-5-6-8-18(16)22/h5-10,13,15H,3-4,11-12,14H2,1-2H3,(H,23,27). The number of imidazole rings is 1. The van der Waals surface area contributed by atoms with E-state index in [0.717, 1.165) is 11.1 Å². The van der Waals surface area contributed by atoms with Crippen LogP contribution < -0.4 is 5.32 Å². The number of carbonyl (C=O) groups is 1. The molecule has 0 aliphatic carbocycles. The van der Waals surface area contributed by atoms with E-state index in [4.69, 9.17) is 11.6 Å². The summed E-state index contributed by atoms with van der Waals surface area (Å²) < 4.78 is 28.7. The van der Waals surface area contributed by atoms with Crippen molar-refractivity contribution in [3.05, 3.63) is 59.4 Å². The summed E-state index contributed by atoms with van der Waals surface area (Å²) in [5.74, 6) is -0.0995. The van der Waals surface area contributed by atoms with E-state index < -0.39 is 10.0 Å². The van der Waals surface area contributed by atoms with Crippen LogP contribution in [0.5, 0.6) is 0 Å². The highest BCUT2D eigenvalue weighted by molar-refractivity contribution is 7.89. The summed E-state index contributed by atoms with van der Waals surface area (Å²) in [6.07, 6.45) is 1.90. The predicted molar refractivity (Wildman–Crippen MR) is 118 cm³/mol. The molecular weight excluding hydrogens is 424 g/mol. The summed E-state index contributed by atoms with van der Waals surface area (Å²) in [6.45, 7) is 5.25. The van der Waals surface area contributed by atoms with Gasteiger partial charge in [-0.05, 0) is 29.8 Å². The van der Waals surface area contributed by atoms with E-state index in [1.807, 2.05) is 36.6 Å². The highest BCUT2D eigenvalue weighted by Gasteiger charge is 2.22. The molecule has 0 bridgehead atoms. The zero-order valence-corrected chi connectivity index (χ0v) is 18.6. The Morgan fingerprint density at radius 2 is 1.90 bits per heavy atom. The molecular formula is C21H25ClN4O3S. The van der Waals surface area contributed by atoms with Gasteiger partial charge in [0.25, 0.3) is 0 Å². The van der Waals surface area contributed by atoms with Crippen LogP contribution in [-0.4, -0.2) is 41.3 Å². The number of hydrogen-bond donors (Lipinski definition) is 1. The highest BCUT2D eigenvalue weighted by Crippen LogP contribution is 2.21. The van der Waals surface area contributed by atoms with Crippen LogP contribution in [0.4, 0.5) is 0 Å². The molecule has 7 nitrogen and oxygen atoms in total. The average molecular weight is 449 g/mol. The van der Waals surface area contributed by atoms with Gasteiger partial charge in [-0.1, -0.05) is 43.6 Å². The van der Waals surface area contributed by atoms with Gasteiger partial charge >= 0.3 is 0 Å². The van der Waals surface area contributed by atoms with Crippen LogP contribution in [0, 0.1) is 0 Å². The van der Waals surface area contributed by atoms with Crippen molar-refractivity contribution in [1.29, 1.82) is 0 Å². The maximum atomic E-state index is 12.7. The molecule has 1 N–H and O–H groups in total. The summed E-state index contributed by atoms with van der Waals surface area (Å²) in [4.78, 5) is 16.8. The van der Waals surface area contributed by atoms with Crippen molar-refractivity contribution in [2.24, 2.45) is 0 Å². The normalized spacial score (nSPS) is 11.9. The largest absolute Gasteiger partial charge is 0.352 e. The number of aromatic nitrogens is 2. The summed E-state index contributed by atoms with van der Waals surface area (Å²) >= 11 is 6.10. The summed E-state index contributed by atoms with van der Waals surface area (Å²) in [5, 5.41) is 3.48. The van der Waals surface area contributed by atoms with Crippen LogP contribution in [0.25, 0.3) is 11.0 Å². The Bertz CT molecular complexity index is 1140. The third-order valence-electron chi connectivity index (χ3n) is 4.95. The van der Waals surface area contributed by atoms with Crippen LogP contribution in [0.2, 0.25) is 5.02 Å². The lowest BCUT2D eigenvalue weighted by Gasteiger charge is -2.18. The lowest BCUT2D eigenvalue weighted by Crippen LogP contribution is -2.30. The molecule has 0 spiro atoms. The molecule has 30 heavy (non-hydrogen) atoms. The Morgan fingerprint density at radius 3 is 2.60 bits per heavy atom. The van der Waals surface area contributed by atoms with Crippen LogP contribution >= 0.6 is 11.6 Å². The first kappa shape index (κ1) is 22.3. The zero-order valence-electron chi connectivity index (χ0n) is 17.0. The summed E-state index contributed by atoms with van der Waals surface area (Å²) in [6, 6.07) is 12.3. The van der Waals surface area contributed by atoms with E-state index in [-0.39, 0.29) is 17.2 Å². The van der Waals surface area contributed by atoms with E-state index in [1.165, 1.54) is 4.31 Å². The van der Waals surface area contributed by atoms with Gasteiger partial charge in [-0.15, -0.1) is 0 Å². The van der Waals surface area contributed by atoms with E-state index in [2.05, 4.69) is 10.3 Å². The Balaban J connectivity index is 1.66. The van der Waals surface area contributed by atoms with Crippen molar-refractivity contribution >= 4 is 38.6 Å². The first-order valence-corrected chi connectivity index (χ1v) is 11.6. The number of amides is 1. The van der Waals surface area contributed by atoms with Gasteiger partial charge in [0.15, 0.2) is 0 Å². The second-order valence-electron chi connectivity index (χ2n) is 6.80. The third-order valence-corrected chi connectivity index (χ3v) is 7.36. The van der Waals surface area contributed by atoms with Gasteiger partial charge in [0, 0.05) is 37.6 Å². The molecule has 3 rings (SSSR count). The molecule has 0 aliphatic rings. The molecule has 3 aromatic rings. The zero-order chi connectivity index (χ0) is 21.7. The first-order valence-electron chi connectivity index (χ1n) is 9.82. The van der Waals surface area contributed by atoms with Crippen LogP contribution in [0.15, 0.2) is 53.7 Å². The minimum atomic E-state index is -3.54. The minimum absolute atomic E-state index is 0.0995. The maximum Gasteiger partial charge on any atom is 0.243 e. The highest BCUT2D eigenvalue weighted by atomic mass is 35.5. The molecule has 9 heteroatoms. The number of rotatable bonds is 9. The number of nitrogens with one attached hydrogen (secondary N) is 1. The van der Waals surface area contributed by atoms with Gasteiger partial charge in [0.05, 0.1) is 22.3 Å². The van der Waals surface area contributed by atoms with Gasteiger partial charge in [-0.2, -0.15) is 4.31 Å². The van der Waals surface area contributed by atoms with Gasteiger partial charge < -0.3 is 9.88 Å². The van der Waals surface area contributed by atoms with Gasteiger partial charge in [0.2, 0.25) is 15.9 Å². The third kappa shape index (κ3) is 4.83. The van der Waals surface area contributed by atoms with E-state index in [0.29, 0.717) is 36.7 Å². The van der Waals surface area contributed by atoms with Crippen molar-refractivity contribution in [1.82, 2.24) is 19.2 Å². The monoisotopic (exact) mass is 448 g/mol. The average Bonchev–Trinajstić information content (AvgIpc) is 3.14. The molecule has 160 valence electrons. The second kappa shape index (κ2) is 9.59. The fourth-order valence-corrected chi connectivity index (χ4v) is 4.92. The number of sulfonamides is 1. The van der Waals surface area contributed by atoms with Gasteiger partial charge in [-0.3, -0.25) is 4.79 Å². The lowest BCUT2D eigenvalue weighted by molar-refractivity contribution is -0.121. The molecule has 0 radical (unpaired) electrons. The predicted octanol–water partition coefficient (Wildman–Crippen LogP) is 3.43. The SMILES string of the molecule is CCN(CC)S(=O)(=O)c1ccc2c(c1)ncn2CCC(=O)NCc1ccccc1Cl. The van der Waals surface area contributed by atoms with Crippen LogP contribution in [0.3, 0.4) is 0 Å². The Kier molecular flexibility index (Phi) is 7.12. The Hall–Kier alpha value is -2.42. The van der Waals surface area contributed by atoms with E-state index in [9.17, 15) is 13.2 Å².